The van der Waals surface area contributed by atoms with Crippen LogP contribution in [0.15, 0.2) is 42.5 Å². The van der Waals surface area contributed by atoms with Crippen LogP contribution in [0.2, 0.25) is 10.0 Å². The minimum Gasteiger partial charge on any atom is -0.493 e. The molecule has 7 heteroatoms. The Morgan fingerprint density at radius 2 is 1.86 bits per heavy atom. The number of carbonyl (C=O) groups is 1. The molecule has 1 unspecified atom stereocenters. The number of hydrogen-bond acceptors (Lipinski definition) is 4. The fraction of sp³-hybridized carbons (Fsp3) is 0.286. The van der Waals surface area contributed by atoms with Crippen LogP contribution >= 0.6 is 23.2 Å². The van der Waals surface area contributed by atoms with Gasteiger partial charge in [0.25, 0.3) is 0 Å². The minimum absolute atomic E-state index is 0.215. The van der Waals surface area contributed by atoms with E-state index < -0.39 is 0 Å². The first-order valence-corrected chi connectivity index (χ1v) is 9.43. The normalized spacial score (nSPS) is 12.0. The molecule has 0 bridgehead atoms. The van der Waals surface area contributed by atoms with Crippen LogP contribution in [0.25, 0.3) is 6.08 Å². The third-order valence-corrected chi connectivity index (χ3v) is 4.70. The Bertz CT molecular complexity index is 839. The van der Waals surface area contributed by atoms with E-state index in [1.807, 2.05) is 25.1 Å². The molecule has 28 heavy (non-hydrogen) atoms. The lowest BCUT2D eigenvalue weighted by Crippen LogP contribution is -2.24. The van der Waals surface area contributed by atoms with Crippen molar-refractivity contribution in [3.63, 3.8) is 0 Å². The van der Waals surface area contributed by atoms with Crippen molar-refractivity contribution in [3.8, 4) is 11.5 Å². The van der Waals surface area contributed by atoms with Gasteiger partial charge >= 0.3 is 0 Å². The van der Waals surface area contributed by atoms with Crippen LogP contribution in [0.4, 0.5) is 0 Å². The molecule has 2 aromatic rings. The summed E-state index contributed by atoms with van der Waals surface area (Å²) in [7, 11) is 3.19. The summed E-state index contributed by atoms with van der Waals surface area (Å²) < 4.78 is 16.0. The molecule has 0 aliphatic carbocycles. The van der Waals surface area contributed by atoms with Crippen LogP contribution in [0.3, 0.4) is 0 Å². The molecule has 0 fully saturated rings. The molecule has 0 aromatic heterocycles. The summed E-state index contributed by atoms with van der Waals surface area (Å²) in [5, 5.41) is 3.83. The second-order valence-corrected chi connectivity index (χ2v) is 6.80. The van der Waals surface area contributed by atoms with Gasteiger partial charge in [0.1, 0.15) is 6.61 Å². The molecule has 150 valence electrons. The zero-order valence-electron chi connectivity index (χ0n) is 16.0. The summed E-state index contributed by atoms with van der Waals surface area (Å²) in [6.07, 6.45) is 3.13. The average molecular weight is 424 g/mol. The van der Waals surface area contributed by atoms with E-state index in [9.17, 15) is 4.79 Å². The Labute approximate surface area is 175 Å². The monoisotopic (exact) mass is 423 g/mol. The first-order valence-electron chi connectivity index (χ1n) is 8.68. The fourth-order valence-corrected chi connectivity index (χ4v) is 2.75. The summed E-state index contributed by atoms with van der Waals surface area (Å²) in [6, 6.07) is 10.5. The Balaban J connectivity index is 2.00. The molecular weight excluding hydrogens is 401 g/mol. The highest BCUT2D eigenvalue weighted by molar-refractivity contribution is 6.42. The standard InChI is InChI=1S/C21H23Cl2NO4/c1-14(16-6-8-19(20(13-16)27-3)28-11-10-26-2)24-21(25)9-5-15-4-7-17(22)18(23)12-15/h4-9,12-14H,10-11H2,1-3H3,(H,24,25). The van der Waals surface area contributed by atoms with Crippen molar-refractivity contribution in [3.05, 3.63) is 63.6 Å². The maximum Gasteiger partial charge on any atom is 0.244 e. The maximum absolute atomic E-state index is 12.2. The Hall–Kier alpha value is -2.21. The van der Waals surface area contributed by atoms with Crippen molar-refractivity contribution in [1.82, 2.24) is 5.32 Å². The van der Waals surface area contributed by atoms with Crippen LogP contribution in [0.1, 0.15) is 24.1 Å². The van der Waals surface area contributed by atoms with Gasteiger partial charge in [-0.2, -0.15) is 0 Å². The number of halogens is 2. The third kappa shape index (κ3) is 6.44. The van der Waals surface area contributed by atoms with Crippen molar-refractivity contribution in [2.45, 2.75) is 13.0 Å². The second-order valence-electron chi connectivity index (χ2n) is 5.99. The Morgan fingerprint density at radius 1 is 1.07 bits per heavy atom. The molecule has 1 atom stereocenters. The smallest absolute Gasteiger partial charge is 0.244 e. The molecule has 0 saturated heterocycles. The molecule has 1 N–H and O–H groups in total. The zero-order chi connectivity index (χ0) is 20.5. The van der Waals surface area contributed by atoms with Crippen molar-refractivity contribution >= 4 is 35.2 Å². The Morgan fingerprint density at radius 3 is 2.54 bits per heavy atom. The van der Waals surface area contributed by atoms with Crippen LogP contribution in [0, 0.1) is 0 Å². The van der Waals surface area contributed by atoms with Gasteiger partial charge in [0, 0.05) is 13.2 Å². The van der Waals surface area contributed by atoms with Crippen molar-refractivity contribution in [1.29, 1.82) is 0 Å². The lowest BCUT2D eigenvalue weighted by molar-refractivity contribution is -0.117. The topological polar surface area (TPSA) is 56.8 Å². The Kier molecular flexibility index (Phi) is 8.64. The van der Waals surface area contributed by atoms with E-state index in [1.54, 1.807) is 38.5 Å². The van der Waals surface area contributed by atoms with Gasteiger partial charge in [0.2, 0.25) is 5.91 Å². The number of benzene rings is 2. The predicted molar refractivity (Wildman–Crippen MR) is 112 cm³/mol. The summed E-state index contributed by atoms with van der Waals surface area (Å²) in [4.78, 5) is 12.2. The number of nitrogens with one attached hydrogen (secondary N) is 1. The van der Waals surface area contributed by atoms with Crippen LogP contribution in [-0.4, -0.2) is 33.3 Å². The number of rotatable bonds is 9. The first-order chi connectivity index (χ1) is 13.4. The highest BCUT2D eigenvalue weighted by Gasteiger charge is 2.12. The van der Waals surface area contributed by atoms with Gasteiger partial charge in [-0.3, -0.25) is 4.79 Å². The summed E-state index contributed by atoms with van der Waals surface area (Å²) in [5.74, 6) is 1.00. The zero-order valence-corrected chi connectivity index (χ0v) is 17.5. The van der Waals surface area contributed by atoms with E-state index >= 15 is 0 Å². The van der Waals surface area contributed by atoms with E-state index in [0.717, 1.165) is 11.1 Å². The summed E-state index contributed by atoms with van der Waals surface area (Å²) >= 11 is 11.9. The van der Waals surface area contributed by atoms with Gasteiger partial charge in [-0.05, 0) is 48.4 Å². The van der Waals surface area contributed by atoms with E-state index in [-0.39, 0.29) is 11.9 Å². The first kappa shape index (κ1) is 22.1. The van der Waals surface area contributed by atoms with Gasteiger partial charge in [-0.1, -0.05) is 35.3 Å². The lowest BCUT2D eigenvalue weighted by atomic mass is 10.1. The summed E-state index contributed by atoms with van der Waals surface area (Å²) in [6.45, 7) is 2.81. The molecule has 2 rings (SSSR count). The van der Waals surface area contributed by atoms with E-state index in [1.165, 1.54) is 6.08 Å². The molecule has 0 spiro atoms. The van der Waals surface area contributed by atoms with Crippen LogP contribution in [-0.2, 0) is 9.53 Å². The molecule has 0 radical (unpaired) electrons. The van der Waals surface area contributed by atoms with Crippen molar-refractivity contribution < 1.29 is 19.0 Å². The SMILES string of the molecule is COCCOc1ccc(C(C)NC(=O)C=Cc2ccc(Cl)c(Cl)c2)cc1OC. The molecule has 0 aliphatic heterocycles. The van der Waals surface area contributed by atoms with Crippen molar-refractivity contribution in [2.24, 2.45) is 0 Å². The minimum atomic E-state index is -0.224. The molecule has 2 aromatic carbocycles. The van der Waals surface area contributed by atoms with E-state index in [0.29, 0.717) is 34.8 Å². The van der Waals surface area contributed by atoms with Crippen LogP contribution < -0.4 is 14.8 Å². The third-order valence-electron chi connectivity index (χ3n) is 3.96. The lowest BCUT2D eigenvalue weighted by Gasteiger charge is -2.16. The van der Waals surface area contributed by atoms with E-state index in [2.05, 4.69) is 5.32 Å². The van der Waals surface area contributed by atoms with E-state index in [4.69, 9.17) is 37.4 Å². The predicted octanol–water partition coefficient (Wildman–Crippen LogP) is 4.92. The molecule has 0 saturated carbocycles. The largest absolute Gasteiger partial charge is 0.493 e. The number of ether oxygens (including phenoxy) is 3. The van der Waals surface area contributed by atoms with Gasteiger partial charge in [-0.25, -0.2) is 0 Å². The number of methoxy groups -OCH3 is 2. The average Bonchev–Trinajstić information content (AvgIpc) is 2.69. The molecule has 0 aliphatic rings. The molecular formula is C21H23Cl2NO4. The second kappa shape index (κ2) is 11.0. The van der Waals surface area contributed by atoms with Crippen LogP contribution in [0.5, 0.6) is 11.5 Å². The number of amides is 1. The highest BCUT2D eigenvalue weighted by atomic mass is 35.5. The van der Waals surface area contributed by atoms with Gasteiger partial charge in [0.15, 0.2) is 11.5 Å². The van der Waals surface area contributed by atoms with Gasteiger partial charge in [-0.15, -0.1) is 0 Å². The quantitative estimate of drug-likeness (QED) is 0.459. The fourth-order valence-electron chi connectivity index (χ4n) is 2.44. The number of hydrogen-bond donors (Lipinski definition) is 1. The van der Waals surface area contributed by atoms with Gasteiger partial charge < -0.3 is 19.5 Å². The molecule has 0 heterocycles. The highest BCUT2D eigenvalue weighted by Crippen LogP contribution is 2.30. The maximum atomic E-state index is 12.2. The number of carbonyl (C=O) groups excluding carboxylic acids is 1. The molecule has 5 nitrogen and oxygen atoms in total. The summed E-state index contributed by atoms with van der Waals surface area (Å²) in [5.41, 5.74) is 1.68. The van der Waals surface area contributed by atoms with Gasteiger partial charge in [0.05, 0.1) is 29.8 Å². The molecule has 1 amide bonds. The van der Waals surface area contributed by atoms with Crippen molar-refractivity contribution in [2.75, 3.05) is 27.4 Å².